The van der Waals surface area contributed by atoms with Gasteiger partial charge in [0.2, 0.25) is 0 Å². The molecule has 2 nitrogen and oxygen atoms in total. The molecule has 1 aliphatic carbocycles. The lowest BCUT2D eigenvalue weighted by atomic mass is 9.90. The summed E-state index contributed by atoms with van der Waals surface area (Å²) in [7, 11) is 0. The van der Waals surface area contributed by atoms with Gasteiger partial charge in [0, 0.05) is 24.5 Å². The quantitative estimate of drug-likeness (QED) is 0.768. The van der Waals surface area contributed by atoms with Crippen LogP contribution in [0.1, 0.15) is 36.5 Å². The zero-order valence-electron chi connectivity index (χ0n) is 11.4. The first-order valence-corrected chi connectivity index (χ1v) is 8.50. The van der Waals surface area contributed by atoms with E-state index >= 15 is 0 Å². The molecule has 1 atom stereocenters. The molecular weight excluding hydrogens is 302 g/mol. The average molecular weight is 324 g/mol. The first kappa shape index (κ1) is 13.6. The molecule has 1 aromatic rings. The van der Waals surface area contributed by atoms with Crippen LogP contribution >= 0.6 is 15.9 Å². The second-order valence-electron chi connectivity index (χ2n) is 5.58. The van der Waals surface area contributed by atoms with Gasteiger partial charge in [-0.1, -0.05) is 46.6 Å². The fourth-order valence-electron chi connectivity index (χ4n) is 3.12. The molecular formula is C16H22BrNO. The van der Waals surface area contributed by atoms with Crippen molar-refractivity contribution in [2.75, 3.05) is 25.0 Å². The van der Waals surface area contributed by atoms with Gasteiger partial charge in [-0.3, -0.25) is 4.90 Å². The molecule has 1 aliphatic heterocycles. The molecule has 0 bridgehead atoms. The summed E-state index contributed by atoms with van der Waals surface area (Å²) in [6, 6.07) is 9.56. The number of rotatable bonds is 5. The summed E-state index contributed by atoms with van der Waals surface area (Å²) in [6.07, 6.45) is 5.45. The Labute approximate surface area is 124 Å². The minimum atomic E-state index is 0.268. The third-order valence-electron chi connectivity index (χ3n) is 4.46. The maximum absolute atomic E-state index is 6.04. The Morgan fingerprint density at radius 3 is 2.84 bits per heavy atom. The molecule has 1 saturated carbocycles. The minimum Gasteiger partial charge on any atom is -0.372 e. The van der Waals surface area contributed by atoms with E-state index in [1.165, 1.54) is 30.4 Å². The Bertz CT molecular complexity index is 419. The Morgan fingerprint density at radius 2 is 2.11 bits per heavy atom. The van der Waals surface area contributed by atoms with Gasteiger partial charge in [-0.15, -0.1) is 0 Å². The van der Waals surface area contributed by atoms with Gasteiger partial charge < -0.3 is 4.74 Å². The Hall–Kier alpha value is -0.380. The SMILES string of the molecule is BrCCN(CC1OCCc2ccccc21)C1CCC1. The predicted molar refractivity (Wildman–Crippen MR) is 81.8 cm³/mol. The molecule has 0 amide bonds. The van der Waals surface area contributed by atoms with Crippen LogP contribution < -0.4 is 0 Å². The molecule has 0 aromatic heterocycles. The van der Waals surface area contributed by atoms with E-state index in [4.69, 9.17) is 4.74 Å². The maximum Gasteiger partial charge on any atom is 0.0954 e. The normalized spacial score (nSPS) is 23.2. The van der Waals surface area contributed by atoms with Gasteiger partial charge in [0.15, 0.2) is 0 Å². The number of ether oxygens (including phenoxy) is 1. The van der Waals surface area contributed by atoms with Crippen molar-refractivity contribution in [3.63, 3.8) is 0 Å². The van der Waals surface area contributed by atoms with Crippen LogP contribution in [-0.4, -0.2) is 36.0 Å². The van der Waals surface area contributed by atoms with E-state index in [1.54, 1.807) is 0 Å². The number of hydrogen-bond donors (Lipinski definition) is 0. The third kappa shape index (κ3) is 3.04. The van der Waals surface area contributed by atoms with Crippen LogP contribution in [0.25, 0.3) is 0 Å². The van der Waals surface area contributed by atoms with E-state index in [2.05, 4.69) is 45.1 Å². The molecule has 0 radical (unpaired) electrons. The van der Waals surface area contributed by atoms with E-state index in [1.807, 2.05) is 0 Å². The van der Waals surface area contributed by atoms with Gasteiger partial charge in [0.1, 0.15) is 0 Å². The van der Waals surface area contributed by atoms with Crippen LogP contribution in [-0.2, 0) is 11.2 Å². The molecule has 3 heteroatoms. The third-order valence-corrected chi connectivity index (χ3v) is 4.81. The van der Waals surface area contributed by atoms with E-state index in [0.717, 1.165) is 37.5 Å². The number of hydrogen-bond acceptors (Lipinski definition) is 2. The summed E-state index contributed by atoms with van der Waals surface area (Å²) in [4.78, 5) is 2.62. The zero-order chi connectivity index (χ0) is 13.1. The lowest BCUT2D eigenvalue weighted by Crippen LogP contribution is -2.44. The van der Waals surface area contributed by atoms with Crippen LogP contribution in [0, 0.1) is 0 Å². The average Bonchev–Trinajstić information content (AvgIpc) is 2.37. The van der Waals surface area contributed by atoms with Crippen molar-refractivity contribution in [3.8, 4) is 0 Å². The van der Waals surface area contributed by atoms with Crippen molar-refractivity contribution >= 4 is 15.9 Å². The highest BCUT2D eigenvalue weighted by Gasteiger charge is 2.29. The summed E-state index contributed by atoms with van der Waals surface area (Å²) >= 11 is 3.59. The number of benzene rings is 1. The number of fused-ring (bicyclic) bond motifs is 1. The molecule has 0 spiro atoms. The van der Waals surface area contributed by atoms with Crippen LogP contribution in [0.5, 0.6) is 0 Å². The second kappa shape index (κ2) is 6.38. The molecule has 2 aliphatic rings. The van der Waals surface area contributed by atoms with Crippen LogP contribution in [0.2, 0.25) is 0 Å². The summed E-state index contributed by atoms with van der Waals surface area (Å²) in [5.41, 5.74) is 2.89. The van der Waals surface area contributed by atoms with Crippen LogP contribution in [0.15, 0.2) is 24.3 Å². The molecule has 1 unspecified atom stereocenters. The Morgan fingerprint density at radius 1 is 1.26 bits per heavy atom. The number of nitrogens with zero attached hydrogens (tertiary/aromatic N) is 1. The van der Waals surface area contributed by atoms with E-state index in [-0.39, 0.29) is 6.10 Å². The molecule has 3 rings (SSSR count). The lowest BCUT2D eigenvalue weighted by molar-refractivity contribution is -0.00228. The van der Waals surface area contributed by atoms with Gasteiger partial charge in [-0.05, 0) is 30.4 Å². The Balaban J connectivity index is 1.71. The highest BCUT2D eigenvalue weighted by atomic mass is 79.9. The molecule has 0 N–H and O–H groups in total. The van der Waals surface area contributed by atoms with Crippen molar-refractivity contribution in [2.24, 2.45) is 0 Å². The fourth-order valence-corrected chi connectivity index (χ4v) is 3.58. The predicted octanol–water partition coefficient (Wildman–Crippen LogP) is 3.55. The van der Waals surface area contributed by atoms with Gasteiger partial charge in [-0.2, -0.15) is 0 Å². The minimum absolute atomic E-state index is 0.268. The van der Waals surface area contributed by atoms with E-state index < -0.39 is 0 Å². The van der Waals surface area contributed by atoms with Crippen LogP contribution in [0.3, 0.4) is 0 Å². The fraction of sp³-hybridized carbons (Fsp3) is 0.625. The summed E-state index contributed by atoms with van der Waals surface area (Å²) < 4.78 is 6.04. The number of halogens is 1. The van der Waals surface area contributed by atoms with Gasteiger partial charge >= 0.3 is 0 Å². The first-order chi connectivity index (χ1) is 9.38. The maximum atomic E-state index is 6.04. The van der Waals surface area contributed by atoms with Gasteiger partial charge in [-0.25, -0.2) is 0 Å². The highest BCUT2D eigenvalue weighted by molar-refractivity contribution is 9.09. The molecule has 1 heterocycles. The Kier molecular flexibility index (Phi) is 4.57. The lowest BCUT2D eigenvalue weighted by Gasteiger charge is -2.40. The van der Waals surface area contributed by atoms with Crippen molar-refractivity contribution in [1.82, 2.24) is 4.90 Å². The second-order valence-corrected chi connectivity index (χ2v) is 6.37. The highest BCUT2D eigenvalue weighted by Crippen LogP contribution is 2.31. The van der Waals surface area contributed by atoms with Gasteiger partial charge in [0.05, 0.1) is 12.7 Å². The largest absolute Gasteiger partial charge is 0.372 e. The van der Waals surface area contributed by atoms with E-state index in [0.29, 0.717) is 0 Å². The summed E-state index contributed by atoms with van der Waals surface area (Å²) in [5.74, 6) is 0. The van der Waals surface area contributed by atoms with E-state index in [9.17, 15) is 0 Å². The van der Waals surface area contributed by atoms with Crippen molar-refractivity contribution in [1.29, 1.82) is 0 Å². The first-order valence-electron chi connectivity index (χ1n) is 7.38. The van der Waals surface area contributed by atoms with Crippen molar-refractivity contribution in [2.45, 2.75) is 37.8 Å². The zero-order valence-corrected chi connectivity index (χ0v) is 12.9. The van der Waals surface area contributed by atoms with Crippen molar-refractivity contribution < 1.29 is 4.74 Å². The molecule has 1 aromatic carbocycles. The number of alkyl halides is 1. The van der Waals surface area contributed by atoms with Crippen molar-refractivity contribution in [3.05, 3.63) is 35.4 Å². The smallest absolute Gasteiger partial charge is 0.0954 e. The molecule has 104 valence electrons. The summed E-state index contributed by atoms with van der Waals surface area (Å²) in [6.45, 7) is 3.05. The molecule has 1 fully saturated rings. The standard InChI is InChI=1S/C16H22BrNO/c17-9-10-18(14-5-3-6-14)12-16-15-7-2-1-4-13(15)8-11-19-16/h1-2,4,7,14,16H,3,5-6,8-12H2. The molecule has 0 saturated heterocycles. The van der Waals surface area contributed by atoms with Crippen LogP contribution in [0.4, 0.5) is 0 Å². The topological polar surface area (TPSA) is 12.5 Å². The summed E-state index contributed by atoms with van der Waals surface area (Å²) in [5, 5.41) is 1.05. The monoisotopic (exact) mass is 323 g/mol. The molecule has 19 heavy (non-hydrogen) atoms. The van der Waals surface area contributed by atoms with Gasteiger partial charge in [0.25, 0.3) is 0 Å².